The Hall–Kier alpha value is -1.36. The smallest absolute Gasteiger partial charge is 0.0889 e. The van der Waals surface area contributed by atoms with Gasteiger partial charge in [-0.1, -0.05) is 0 Å². The maximum absolute atomic E-state index is 8.76. The van der Waals surface area contributed by atoms with Crippen molar-refractivity contribution < 1.29 is 0 Å². The molecule has 0 N–H and O–H groups in total. The van der Waals surface area contributed by atoms with Gasteiger partial charge in [0, 0.05) is 6.20 Å². The highest BCUT2D eigenvalue weighted by Crippen LogP contribution is 2.20. The van der Waals surface area contributed by atoms with Crippen LogP contribution in [0.2, 0.25) is 0 Å². The van der Waals surface area contributed by atoms with Gasteiger partial charge in [-0.25, -0.2) is 0 Å². The minimum absolute atomic E-state index is 0.431. The van der Waals surface area contributed by atoms with Crippen molar-refractivity contribution >= 4 is 0 Å². The van der Waals surface area contributed by atoms with Gasteiger partial charge in [0.25, 0.3) is 0 Å². The topological polar surface area (TPSA) is 36.7 Å². The molecule has 0 aromatic carbocycles. The van der Waals surface area contributed by atoms with E-state index < -0.39 is 5.41 Å². The van der Waals surface area contributed by atoms with Gasteiger partial charge in [0.15, 0.2) is 0 Å². The van der Waals surface area contributed by atoms with E-state index in [0.717, 1.165) is 5.56 Å². The van der Waals surface area contributed by atoms with Gasteiger partial charge in [-0.3, -0.25) is 4.98 Å². The molecule has 2 nitrogen and oxygen atoms in total. The molecule has 1 aromatic rings. The van der Waals surface area contributed by atoms with Gasteiger partial charge in [-0.2, -0.15) is 5.26 Å². The molecule has 0 unspecified atom stereocenters. The van der Waals surface area contributed by atoms with E-state index in [-0.39, 0.29) is 0 Å². The fraction of sp³-hybridized carbons (Fsp3) is 0.333. The third-order valence-electron chi connectivity index (χ3n) is 1.62. The second kappa shape index (κ2) is 2.71. The first-order valence-electron chi connectivity index (χ1n) is 3.40. The summed E-state index contributed by atoms with van der Waals surface area (Å²) in [5.41, 5.74) is 0.523. The highest BCUT2D eigenvalue weighted by atomic mass is 14.6. The van der Waals surface area contributed by atoms with E-state index in [2.05, 4.69) is 17.3 Å². The highest BCUT2D eigenvalue weighted by molar-refractivity contribution is 5.27. The second-order valence-corrected chi connectivity index (χ2v) is 2.91. The summed E-state index contributed by atoms with van der Waals surface area (Å²) in [6.07, 6.45) is 4.35. The summed E-state index contributed by atoms with van der Waals surface area (Å²) in [4.78, 5) is 3.76. The lowest BCUT2D eigenvalue weighted by atomic mass is 9.87. The molecule has 0 bridgehead atoms. The third kappa shape index (κ3) is 1.56. The summed E-state index contributed by atoms with van der Waals surface area (Å²) in [6.45, 7) is 3.74. The van der Waals surface area contributed by atoms with E-state index in [4.69, 9.17) is 5.26 Å². The maximum atomic E-state index is 8.76. The van der Waals surface area contributed by atoms with Crippen LogP contribution in [-0.2, 0) is 5.41 Å². The minimum atomic E-state index is -0.431. The minimum Gasteiger partial charge on any atom is -0.255 e. The molecule has 0 aliphatic rings. The zero-order chi connectivity index (χ0) is 8.32. The predicted molar refractivity (Wildman–Crippen MR) is 41.7 cm³/mol. The van der Waals surface area contributed by atoms with Gasteiger partial charge in [-0.15, -0.1) is 0 Å². The molecule has 1 rings (SSSR count). The lowest BCUT2D eigenvalue weighted by Gasteiger charge is -2.13. The molecule has 11 heavy (non-hydrogen) atoms. The molecule has 1 heterocycles. The summed E-state index contributed by atoms with van der Waals surface area (Å²) in [5, 5.41) is 8.76. The van der Waals surface area contributed by atoms with Gasteiger partial charge in [0.2, 0.25) is 0 Å². The van der Waals surface area contributed by atoms with Crippen molar-refractivity contribution in [1.82, 2.24) is 4.98 Å². The van der Waals surface area contributed by atoms with Crippen LogP contribution >= 0.6 is 0 Å². The largest absolute Gasteiger partial charge is 0.255 e. The summed E-state index contributed by atoms with van der Waals surface area (Å²) in [5.74, 6) is 0. The van der Waals surface area contributed by atoms with Crippen LogP contribution in [0.25, 0.3) is 0 Å². The average molecular weight is 145 g/mol. The Morgan fingerprint density at radius 1 is 1.64 bits per heavy atom. The Bertz CT molecular complexity index is 269. The van der Waals surface area contributed by atoms with Crippen LogP contribution in [-0.4, -0.2) is 4.98 Å². The Balaban J connectivity index is 3.05. The molecule has 0 saturated carbocycles. The third-order valence-corrected chi connectivity index (χ3v) is 1.62. The zero-order valence-corrected chi connectivity index (χ0v) is 6.63. The molecule has 1 aromatic heterocycles. The highest BCUT2D eigenvalue weighted by Gasteiger charge is 2.18. The van der Waals surface area contributed by atoms with Gasteiger partial charge in [-0.05, 0) is 31.5 Å². The van der Waals surface area contributed by atoms with E-state index in [9.17, 15) is 0 Å². The number of rotatable bonds is 1. The number of hydrogen-bond acceptors (Lipinski definition) is 2. The first-order chi connectivity index (χ1) is 5.17. The molecular weight excluding hydrogens is 136 g/mol. The Morgan fingerprint density at radius 3 is 2.82 bits per heavy atom. The van der Waals surface area contributed by atoms with Crippen LogP contribution < -0.4 is 0 Å². The lowest BCUT2D eigenvalue weighted by Crippen LogP contribution is -2.13. The first-order valence-corrected chi connectivity index (χ1v) is 3.40. The van der Waals surface area contributed by atoms with Gasteiger partial charge in [0.05, 0.1) is 17.7 Å². The van der Waals surface area contributed by atoms with E-state index in [1.54, 1.807) is 12.3 Å². The van der Waals surface area contributed by atoms with Crippen molar-refractivity contribution in [3.8, 4) is 6.07 Å². The van der Waals surface area contributed by atoms with Crippen molar-refractivity contribution in [2.45, 2.75) is 19.3 Å². The lowest BCUT2D eigenvalue weighted by molar-refractivity contribution is 0.685. The standard InChI is InChI=1S/C9H9N2/c1-9(2,7-10)8-3-5-11-6-4-8/h3-5H,1-2H3. The molecule has 55 valence electrons. The van der Waals surface area contributed by atoms with Crippen LogP contribution in [0.1, 0.15) is 19.4 Å². The number of aromatic nitrogens is 1. The fourth-order valence-corrected chi connectivity index (χ4v) is 0.769. The van der Waals surface area contributed by atoms with Crippen LogP contribution in [0.5, 0.6) is 0 Å². The second-order valence-electron chi connectivity index (χ2n) is 2.91. The summed E-state index contributed by atoms with van der Waals surface area (Å²) < 4.78 is 0. The first kappa shape index (κ1) is 7.74. The molecule has 0 spiro atoms. The van der Waals surface area contributed by atoms with Gasteiger partial charge < -0.3 is 0 Å². The van der Waals surface area contributed by atoms with Gasteiger partial charge in [0.1, 0.15) is 0 Å². The molecule has 0 fully saturated rings. The summed E-state index contributed by atoms with van der Waals surface area (Å²) in [7, 11) is 0. The van der Waals surface area contributed by atoms with E-state index in [1.807, 2.05) is 19.9 Å². The Labute approximate surface area is 66.5 Å². The zero-order valence-electron chi connectivity index (χ0n) is 6.63. The van der Waals surface area contributed by atoms with Crippen LogP contribution in [0.3, 0.4) is 0 Å². The fourth-order valence-electron chi connectivity index (χ4n) is 0.769. The van der Waals surface area contributed by atoms with Crippen molar-refractivity contribution in [2.75, 3.05) is 0 Å². The molecule has 1 radical (unpaired) electrons. The molecule has 0 saturated heterocycles. The Kier molecular flexibility index (Phi) is 1.91. The maximum Gasteiger partial charge on any atom is 0.0889 e. The van der Waals surface area contributed by atoms with E-state index in [1.165, 1.54) is 0 Å². The normalized spacial score (nSPS) is 10.6. The van der Waals surface area contributed by atoms with Crippen LogP contribution in [0.15, 0.2) is 18.3 Å². The van der Waals surface area contributed by atoms with Crippen LogP contribution in [0.4, 0.5) is 0 Å². The van der Waals surface area contributed by atoms with E-state index >= 15 is 0 Å². The average Bonchev–Trinajstić information content (AvgIpc) is 2.06. The predicted octanol–water partition coefficient (Wildman–Crippen LogP) is 1.68. The van der Waals surface area contributed by atoms with Crippen molar-refractivity contribution in [3.63, 3.8) is 0 Å². The van der Waals surface area contributed by atoms with Crippen molar-refractivity contribution in [3.05, 3.63) is 30.1 Å². The van der Waals surface area contributed by atoms with Crippen molar-refractivity contribution in [1.29, 1.82) is 5.26 Å². The molecule has 0 aliphatic carbocycles. The van der Waals surface area contributed by atoms with E-state index in [0.29, 0.717) is 0 Å². The van der Waals surface area contributed by atoms with Crippen molar-refractivity contribution in [2.24, 2.45) is 0 Å². The SMILES string of the molecule is CC(C)(C#N)c1c[c]ncc1. The number of nitrogens with zero attached hydrogens (tertiary/aromatic N) is 2. The molecular formula is C9H9N2. The molecule has 0 atom stereocenters. The molecule has 2 heteroatoms. The monoisotopic (exact) mass is 145 g/mol. The number of pyridine rings is 1. The summed E-state index contributed by atoms with van der Waals surface area (Å²) >= 11 is 0. The quantitative estimate of drug-likeness (QED) is 0.602. The molecule has 0 amide bonds. The van der Waals surface area contributed by atoms with Gasteiger partial charge >= 0.3 is 0 Å². The Morgan fingerprint density at radius 2 is 2.36 bits per heavy atom. The number of nitriles is 1. The van der Waals surface area contributed by atoms with Crippen LogP contribution in [0, 0.1) is 17.5 Å². The number of hydrogen-bond donors (Lipinski definition) is 0. The molecule has 0 aliphatic heterocycles. The summed E-state index contributed by atoms with van der Waals surface area (Å²) in [6, 6.07) is 5.78.